The van der Waals surface area contributed by atoms with E-state index >= 15 is 0 Å². The number of carbonyl (C=O) groups is 1. The molecule has 0 bridgehead atoms. The van der Waals surface area contributed by atoms with Gasteiger partial charge in [0.25, 0.3) is 11.4 Å². The maximum atomic E-state index is 12.3. The first-order valence-corrected chi connectivity index (χ1v) is 8.43. The quantitative estimate of drug-likeness (QED) is 0.263. The van der Waals surface area contributed by atoms with Crippen LogP contribution in [-0.2, 0) is 7.05 Å². The van der Waals surface area contributed by atoms with Gasteiger partial charge in [-0.3, -0.25) is 20.2 Å². The maximum absolute atomic E-state index is 12.3. The molecule has 0 radical (unpaired) electrons. The van der Waals surface area contributed by atoms with Crippen LogP contribution in [0.2, 0.25) is 0 Å². The summed E-state index contributed by atoms with van der Waals surface area (Å²) in [5.74, 6) is -0.747. The molecule has 1 heterocycles. The lowest BCUT2D eigenvalue weighted by atomic mass is 10.2. The zero-order valence-corrected chi connectivity index (χ0v) is 15.0. The fraction of sp³-hybridized carbons (Fsp3) is 0.0625. The lowest BCUT2D eigenvalue weighted by molar-refractivity contribution is -0.387. The molecule has 0 aliphatic heterocycles. The third kappa shape index (κ3) is 4.12. The molecule has 0 unspecified atom stereocenters. The molecule has 0 N–H and O–H groups in total. The van der Waals surface area contributed by atoms with Crippen molar-refractivity contribution in [2.75, 3.05) is 0 Å². The fourth-order valence-corrected chi connectivity index (χ4v) is 2.99. The van der Waals surface area contributed by atoms with Gasteiger partial charge in [0.1, 0.15) is 12.1 Å². The van der Waals surface area contributed by atoms with Crippen molar-refractivity contribution in [1.82, 2.24) is 14.8 Å². The van der Waals surface area contributed by atoms with Crippen molar-refractivity contribution in [2.24, 2.45) is 7.05 Å². The Morgan fingerprint density at radius 3 is 2.39 bits per heavy atom. The first kappa shape index (κ1) is 19.0. The van der Waals surface area contributed by atoms with Crippen molar-refractivity contribution in [3.05, 3.63) is 74.6 Å². The molecule has 0 spiro atoms. The summed E-state index contributed by atoms with van der Waals surface area (Å²) in [6.45, 7) is 0. The molecule has 0 aliphatic rings. The number of rotatable bonds is 6. The first-order chi connectivity index (χ1) is 13.3. The van der Waals surface area contributed by atoms with Crippen molar-refractivity contribution in [3.8, 4) is 5.75 Å². The summed E-state index contributed by atoms with van der Waals surface area (Å²) in [4.78, 5) is 33.4. The van der Waals surface area contributed by atoms with Gasteiger partial charge in [-0.15, -0.1) is 10.2 Å². The highest BCUT2D eigenvalue weighted by Gasteiger charge is 2.21. The van der Waals surface area contributed by atoms with E-state index in [1.54, 1.807) is 11.6 Å². The van der Waals surface area contributed by atoms with Crippen molar-refractivity contribution in [2.45, 2.75) is 10.1 Å². The molecule has 142 valence electrons. The highest BCUT2D eigenvalue weighted by atomic mass is 32.2. The third-order valence-electron chi connectivity index (χ3n) is 3.52. The number of nitrogens with zero attached hydrogens (tertiary/aromatic N) is 5. The minimum Gasteiger partial charge on any atom is -0.423 e. The second kappa shape index (κ2) is 7.84. The van der Waals surface area contributed by atoms with Crippen LogP contribution in [-0.4, -0.2) is 30.6 Å². The second-order valence-electron chi connectivity index (χ2n) is 5.41. The van der Waals surface area contributed by atoms with Crippen LogP contribution in [0.1, 0.15) is 10.4 Å². The average Bonchev–Trinajstić information content (AvgIpc) is 3.07. The number of nitro groups is 2. The summed E-state index contributed by atoms with van der Waals surface area (Å²) in [5, 5.41) is 30.1. The molecule has 12 heteroatoms. The normalized spacial score (nSPS) is 10.5. The number of esters is 1. The summed E-state index contributed by atoms with van der Waals surface area (Å²) in [5.41, 5.74) is -0.473. The maximum Gasteiger partial charge on any atom is 0.343 e. The van der Waals surface area contributed by atoms with E-state index in [0.29, 0.717) is 5.16 Å². The third-order valence-corrected chi connectivity index (χ3v) is 4.64. The van der Waals surface area contributed by atoms with E-state index < -0.39 is 15.8 Å². The molecule has 28 heavy (non-hydrogen) atoms. The van der Waals surface area contributed by atoms with Crippen molar-refractivity contribution < 1.29 is 19.4 Å². The van der Waals surface area contributed by atoms with Gasteiger partial charge in [-0.05, 0) is 36.0 Å². The monoisotopic (exact) mass is 401 g/mol. The van der Waals surface area contributed by atoms with Crippen molar-refractivity contribution >= 4 is 29.1 Å². The molecule has 3 aromatic rings. The van der Waals surface area contributed by atoms with Gasteiger partial charge in [0.2, 0.25) is 0 Å². The molecule has 1 aromatic heterocycles. The van der Waals surface area contributed by atoms with Crippen LogP contribution in [0, 0.1) is 20.2 Å². The van der Waals surface area contributed by atoms with Crippen LogP contribution < -0.4 is 4.74 Å². The van der Waals surface area contributed by atoms with E-state index in [1.807, 2.05) is 0 Å². The number of non-ortho nitro benzene ring substituents is 1. The zero-order valence-electron chi connectivity index (χ0n) is 14.2. The zero-order chi connectivity index (χ0) is 20.3. The predicted molar refractivity (Wildman–Crippen MR) is 96.3 cm³/mol. The molecule has 2 aromatic carbocycles. The molecule has 0 aliphatic carbocycles. The number of benzene rings is 2. The average molecular weight is 401 g/mol. The highest BCUT2D eigenvalue weighted by Crippen LogP contribution is 2.34. The predicted octanol–water partition coefficient (Wildman–Crippen LogP) is 3.00. The molecule has 0 fully saturated rings. The Morgan fingerprint density at radius 2 is 1.82 bits per heavy atom. The lowest BCUT2D eigenvalue weighted by Gasteiger charge is -2.06. The molecule has 11 nitrogen and oxygen atoms in total. The van der Waals surface area contributed by atoms with E-state index in [1.165, 1.54) is 42.7 Å². The van der Waals surface area contributed by atoms with Crippen LogP contribution in [0.4, 0.5) is 11.4 Å². The van der Waals surface area contributed by atoms with Crippen molar-refractivity contribution in [3.63, 3.8) is 0 Å². The van der Waals surface area contributed by atoms with Gasteiger partial charge in [0, 0.05) is 25.2 Å². The highest BCUT2D eigenvalue weighted by molar-refractivity contribution is 7.99. The molecular weight excluding hydrogens is 390 g/mol. The second-order valence-corrected chi connectivity index (χ2v) is 6.42. The standard InChI is InChI=1S/C16H11N5O6S/c1-19-9-17-18-16(19)28-14-7-2-10(8-13(14)21(25)26)15(22)27-12-5-3-11(4-6-12)20(23)24/h2-9H,1H3. The summed E-state index contributed by atoms with van der Waals surface area (Å²) < 4.78 is 6.72. The van der Waals surface area contributed by atoms with Crippen LogP contribution in [0.25, 0.3) is 0 Å². The van der Waals surface area contributed by atoms with E-state index in [4.69, 9.17) is 4.74 Å². The Morgan fingerprint density at radius 1 is 1.11 bits per heavy atom. The van der Waals surface area contributed by atoms with Crippen LogP contribution >= 0.6 is 11.8 Å². The van der Waals surface area contributed by atoms with Gasteiger partial charge in [0.15, 0.2) is 5.16 Å². The Labute approximate surface area is 161 Å². The first-order valence-electron chi connectivity index (χ1n) is 7.62. The molecule has 0 amide bonds. The van der Waals surface area contributed by atoms with Gasteiger partial charge >= 0.3 is 5.97 Å². The van der Waals surface area contributed by atoms with Gasteiger partial charge in [-0.1, -0.05) is 0 Å². The smallest absolute Gasteiger partial charge is 0.343 e. The molecule has 0 atom stereocenters. The minimum absolute atomic E-state index is 0.0348. The van der Waals surface area contributed by atoms with Crippen LogP contribution in [0.3, 0.4) is 0 Å². The Hall–Kier alpha value is -3.80. The number of aromatic nitrogens is 3. The number of hydrogen-bond acceptors (Lipinski definition) is 9. The largest absolute Gasteiger partial charge is 0.423 e. The van der Waals surface area contributed by atoms with Crippen LogP contribution in [0.5, 0.6) is 5.75 Å². The summed E-state index contributed by atoms with van der Waals surface area (Å²) in [6, 6.07) is 8.82. The topological polar surface area (TPSA) is 143 Å². The van der Waals surface area contributed by atoms with Gasteiger partial charge in [-0.25, -0.2) is 4.79 Å². The van der Waals surface area contributed by atoms with Gasteiger partial charge in [-0.2, -0.15) is 0 Å². The summed E-state index contributed by atoms with van der Waals surface area (Å²) in [6.07, 6.45) is 1.46. The van der Waals surface area contributed by atoms with E-state index in [-0.39, 0.29) is 27.6 Å². The fourth-order valence-electron chi connectivity index (χ4n) is 2.14. The van der Waals surface area contributed by atoms with Crippen LogP contribution in [0.15, 0.2) is 58.8 Å². The van der Waals surface area contributed by atoms with Gasteiger partial charge < -0.3 is 9.30 Å². The molecule has 0 saturated heterocycles. The molecule has 0 saturated carbocycles. The minimum atomic E-state index is -0.827. The van der Waals surface area contributed by atoms with E-state index in [0.717, 1.165) is 17.8 Å². The van der Waals surface area contributed by atoms with E-state index in [9.17, 15) is 25.0 Å². The Bertz CT molecular complexity index is 1070. The molecule has 3 rings (SSSR count). The molecular formula is C16H11N5O6S. The SMILES string of the molecule is Cn1cnnc1Sc1ccc(C(=O)Oc2ccc([N+](=O)[O-])cc2)cc1[N+](=O)[O-]. The number of ether oxygens (including phenoxy) is 1. The summed E-state index contributed by atoms with van der Waals surface area (Å²) >= 11 is 1.04. The number of nitro benzene ring substituents is 2. The van der Waals surface area contributed by atoms with Gasteiger partial charge in [0.05, 0.1) is 20.3 Å². The summed E-state index contributed by atoms with van der Waals surface area (Å²) in [7, 11) is 1.70. The Kier molecular flexibility index (Phi) is 5.31. The Balaban J connectivity index is 1.82. The number of hydrogen-bond donors (Lipinski definition) is 0. The van der Waals surface area contributed by atoms with E-state index in [2.05, 4.69) is 10.2 Å². The number of carbonyl (C=O) groups excluding carboxylic acids is 1. The van der Waals surface area contributed by atoms with Crippen molar-refractivity contribution in [1.29, 1.82) is 0 Å². The lowest BCUT2D eigenvalue weighted by Crippen LogP contribution is -2.09. The number of aryl methyl sites for hydroxylation is 1.